The third kappa shape index (κ3) is 5.77. The summed E-state index contributed by atoms with van der Waals surface area (Å²) in [6.07, 6.45) is 0.417. The van der Waals surface area contributed by atoms with Crippen molar-refractivity contribution in [3.05, 3.63) is 30.1 Å². The van der Waals surface area contributed by atoms with Crippen LogP contribution in [0.5, 0.6) is 0 Å². The van der Waals surface area contributed by atoms with E-state index in [0.29, 0.717) is 25.2 Å². The van der Waals surface area contributed by atoms with Gasteiger partial charge >= 0.3 is 5.97 Å². The number of anilines is 1. The average Bonchev–Trinajstić information content (AvgIpc) is 2.40. The van der Waals surface area contributed by atoms with E-state index in [9.17, 15) is 14.0 Å². The molecule has 0 aliphatic heterocycles. The number of hydrogen-bond acceptors (Lipinski definition) is 4. The number of carboxylic acid groups (broad SMARTS) is 1. The molecular weight excluding hydrogens is 265 g/mol. The average molecular weight is 283 g/mol. The lowest BCUT2D eigenvalue weighted by atomic mass is 10.2. The van der Waals surface area contributed by atoms with Gasteiger partial charge in [0.1, 0.15) is 11.9 Å². The zero-order chi connectivity index (χ0) is 15.0. The van der Waals surface area contributed by atoms with Crippen LogP contribution in [0, 0.1) is 5.82 Å². The molecule has 7 heteroatoms. The molecule has 20 heavy (non-hydrogen) atoms. The summed E-state index contributed by atoms with van der Waals surface area (Å²) < 4.78 is 12.7. The number of carboxylic acids is 1. The second-order valence-corrected chi connectivity index (χ2v) is 4.25. The van der Waals surface area contributed by atoms with Gasteiger partial charge in [-0.3, -0.25) is 9.59 Å². The molecule has 0 aliphatic carbocycles. The molecule has 0 heterocycles. The van der Waals surface area contributed by atoms with E-state index in [1.807, 2.05) is 0 Å². The van der Waals surface area contributed by atoms with Gasteiger partial charge in [0, 0.05) is 5.69 Å². The molecule has 0 saturated carbocycles. The third-order valence-electron chi connectivity index (χ3n) is 2.59. The van der Waals surface area contributed by atoms with Crippen LogP contribution < -0.4 is 16.4 Å². The second-order valence-electron chi connectivity index (χ2n) is 4.25. The first-order chi connectivity index (χ1) is 9.52. The van der Waals surface area contributed by atoms with Gasteiger partial charge in [0.25, 0.3) is 0 Å². The molecule has 1 aromatic rings. The highest BCUT2D eigenvalue weighted by atomic mass is 19.1. The second kappa shape index (κ2) is 8.23. The van der Waals surface area contributed by atoms with Gasteiger partial charge in [-0.2, -0.15) is 0 Å². The number of nitrogens with two attached hydrogens (primary N) is 1. The predicted octanol–water partition coefficient (Wildman–Crippen LogP) is 0.546. The maximum Gasteiger partial charge on any atom is 0.321 e. The quantitative estimate of drug-likeness (QED) is 0.521. The minimum atomic E-state index is -1.10. The van der Waals surface area contributed by atoms with Crippen molar-refractivity contribution in [3.63, 3.8) is 0 Å². The van der Waals surface area contributed by atoms with Crippen LogP contribution in [0.25, 0.3) is 0 Å². The van der Waals surface area contributed by atoms with Crippen LogP contribution in [0.1, 0.15) is 12.8 Å². The fourth-order valence-electron chi connectivity index (χ4n) is 1.56. The van der Waals surface area contributed by atoms with Crippen molar-refractivity contribution in [1.29, 1.82) is 0 Å². The molecule has 1 aromatic carbocycles. The molecule has 0 fully saturated rings. The van der Waals surface area contributed by atoms with E-state index in [4.69, 9.17) is 10.8 Å². The zero-order valence-electron chi connectivity index (χ0n) is 10.9. The van der Waals surface area contributed by atoms with E-state index in [1.165, 1.54) is 24.3 Å². The Balaban J connectivity index is 2.48. The fraction of sp³-hybridized carbons (Fsp3) is 0.385. The number of nitrogens with one attached hydrogen (secondary N) is 2. The molecule has 1 amide bonds. The molecule has 0 unspecified atom stereocenters. The van der Waals surface area contributed by atoms with Crippen LogP contribution >= 0.6 is 0 Å². The molecule has 0 radical (unpaired) electrons. The van der Waals surface area contributed by atoms with E-state index in [0.717, 1.165) is 0 Å². The molecule has 1 atom stereocenters. The van der Waals surface area contributed by atoms with E-state index in [2.05, 4.69) is 10.6 Å². The van der Waals surface area contributed by atoms with Crippen molar-refractivity contribution in [2.75, 3.05) is 18.4 Å². The molecule has 6 nitrogen and oxygen atoms in total. The van der Waals surface area contributed by atoms with Crippen LogP contribution in [0.4, 0.5) is 10.1 Å². The summed E-state index contributed by atoms with van der Waals surface area (Å²) in [4.78, 5) is 22.7. The first-order valence-corrected chi connectivity index (χ1v) is 6.24. The summed E-state index contributed by atoms with van der Waals surface area (Å²) in [6.45, 7) is 0.873. The van der Waals surface area contributed by atoms with Gasteiger partial charge in [0.05, 0.1) is 6.42 Å². The maximum absolute atomic E-state index is 12.7. The van der Waals surface area contributed by atoms with E-state index in [-0.39, 0.29) is 6.42 Å². The number of rotatable bonds is 8. The predicted molar refractivity (Wildman–Crippen MR) is 72.7 cm³/mol. The smallest absolute Gasteiger partial charge is 0.321 e. The summed E-state index contributed by atoms with van der Waals surface area (Å²) >= 11 is 0. The highest BCUT2D eigenvalue weighted by molar-refractivity contribution is 5.93. The molecule has 0 spiro atoms. The van der Waals surface area contributed by atoms with Crippen molar-refractivity contribution in [1.82, 2.24) is 5.32 Å². The first-order valence-electron chi connectivity index (χ1n) is 6.24. The Morgan fingerprint density at radius 2 is 1.95 bits per heavy atom. The molecule has 0 saturated heterocycles. The van der Waals surface area contributed by atoms with E-state index >= 15 is 0 Å². The highest BCUT2D eigenvalue weighted by Crippen LogP contribution is 2.09. The van der Waals surface area contributed by atoms with Crippen molar-refractivity contribution >= 4 is 17.6 Å². The largest absolute Gasteiger partial charge is 0.480 e. The van der Waals surface area contributed by atoms with Crippen molar-refractivity contribution < 1.29 is 19.1 Å². The summed E-state index contributed by atoms with van der Waals surface area (Å²) in [5.74, 6) is -1.96. The lowest BCUT2D eigenvalue weighted by Gasteiger charge is -2.14. The van der Waals surface area contributed by atoms with Gasteiger partial charge in [-0.25, -0.2) is 4.39 Å². The Morgan fingerprint density at radius 3 is 2.50 bits per heavy atom. The van der Waals surface area contributed by atoms with Crippen LogP contribution in [0.3, 0.4) is 0 Å². The monoisotopic (exact) mass is 283 g/mol. The number of halogens is 1. The molecule has 0 aromatic heterocycles. The number of benzene rings is 1. The zero-order valence-corrected chi connectivity index (χ0v) is 10.9. The van der Waals surface area contributed by atoms with Crippen LogP contribution in [0.15, 0.2) is 24.3 Å². The van der Waals surface area contributed by atoms with Gasteiger partial charge in [0.15, 0.2) is 0 Å². The van der Waals surface area contributed by atoms with Crippen LogP contribution in [0.2, 0.25) is 0 Å². The molecular formula is C13H18FN3O3. The Bertz CT molecular complexity index is 451. The van der Waals surface area contributed by atoms with Crippen molar-refractivity contribution in [2.24, 2.45) is 5.73 Å². The fourth-order valence-corrected chi connectivity index (χ4v) is 1.56. The Hall–Kier alpha value is -1.99. The summed E-state index contributed by atoms with van der Waals surface area (Å²) in [5.41, 5.74) is 5.73. The Labute approximate surface area is 116 Å². The first kappa shape index (κ1) is 16.1. The van der Waals surface area contributed by atoms with Gasteiger partial charge in [-0.1, -0.05) is 0 Å². The minimum Gasteiger partial charge on any atom is -0.480 e. The minimum absolute atomic E-state index is 0.211. The molecule has 0 aliphatic rings. The van der Waals surface area contributed by atoms with Gasteiger partial charge < -0.3 is 21.5 Å². The van der Waals surface area contributed by atoms with Gasteiger partial charge in [-0.05, 0) is 43.8 Å². The van der Waals surface area contributed by atoms with E-state index < -0.39 is 23.7 Å². The Kier molecular flexibility index (Phi) is 6.61. The lowest BCUT2D eigenvalue weighted by Crippen LogP contribution is -2.40. The van der Waals surface area contributed by atoms with Crippen molar-refractivity contribution in [3.8, 4) is 0 Å². The maximum atomic E-state index is 12.7. The lowest BCUT2D eigenvalue weighted by molar-refractivity contribution is -0.141. The molecule has 0 bridgehead atoms. The molecule has 1 rings (SSSR count). The molecule has 5 N–H and O–H groups in total. The summed E-state index contributed by atoms with van der Waals surface area (Å²) in [5, 5.41) is 14.3. The summed E-state index contributed by atoms with van der Waals surface area (Å²) in [6, 6.07) is 4.27. The SMILES string of the molecule is NCCCN[C@@H](CC(=O)Nc1ccc(F)cc1)C(=O)O. The summed E-state index contributed by atoms with van der Waals surface area (Å²) in [7, 11) is 0. The number of hydrogen-bond donors (Lipinski definition) is 4. The standard InChI is InChI=1S/C13H18FN3O3/c14-9-2-4-10(5-3-9)17-12(18)8-11(13(19)20)16-7-1-6-15/h2-5,11,16H,1,6-8,15H2,(H,17,18)(H,19,20)/t11-/m0/s1. The van der Waals surface area contributed by atoms with E-state index in [1.54, 1.807) is 0 Å². The highest BCUT2D eigenvalue weighted by Gasteiger charge is 2.20. The molecule has 110 valence electrons. The number of amides is 1. The Morgan fingerprint density at radius 1 is 1.30 bits per heavy atom. The van der Waals surface area contributed by atoms with Crippen LogP contribution in [-0.4, -0.2) is 36.1 Å². The number of carbonyl (C=O) groups is 2. The number of carbonyl (C=O) groups excluding carboxylic acids is 1. The normalized spacial score (nSPS) is 11.9. The van der Waals surface area contributed by atoms with Gasteiger partial charge in [-0.15, -0.1) is 0 Å². The van der Waals surface area contributed by atoms with Gasteiger partial charge in [0.2, 0.25) is 5.91 Å². The number of aliphatic carboxylic acids is 1. The third-order valence-corrected chi connectivity index (χ3v) is 2.59. The van der Waals surface area contributed by atoms with Crippen LogP contribution in [-0.2, 0) is 9.59 Å². The topological polar surface area (TPSA) is 104 Å². The van der Waals surface area contributed by atoms with Crippen molar-refractivity contribution in [2.45, 2.75) is 18.9 Å².